The highest BCUT2D eigenvalue weighted by atomic mass is 32.1. The molecule has 6 nitrogen and oxygen atoms in total. The van der Waals surface area contributed by atoms with E-state index in [-0.39, 0.29) is 23.6 Å². The maximum absolute atomic E-state index is 13.2. The van der Waals surface area contributed by atoms with Gasteiger partial charge in [-0.05, 0) is 24.1 Å². The van der Waals surface area contributed by atoms with Crippen LogP contribution in [0.15, 0.2) is 71.0 Å². The largest absolute Gasteiger partial charge is 0.463 e. The molecule has 0 saturated carbocycles. The number of benzene rings is 2. The molecule has 4 rings (SSSR count). The first-order valence-corrected chi connectivity index (χ1v) is 10.5. The quantitative estimate of drug-likeness (QED) is 0.639. The molecule has 2 N–H and O–H groups in total. The number of esters is 1. The summed E-state index contributed by atoms with van der Waals surface area (Å²) in [5.41, 5.74) is 7.98. The molecule has 1 atom stereocenters. The first kappa shape index (κ1) is 20.4. The second-order valence-electron chi connectivity index (χ2n) is 6.86. The third-order valence-corrected chi connectivity index (χ3v) is 6.10. The maximum Gasteiger partial charge on any atom is 0.338 e. The van der Waals surface area contributed by atoms with Crippen LogP contribution in [0.4, 0.5) is 0 Å². The van der Waals surface area contributed by atoms with E-state index < -0.39 is 11.9 Å². The SMILES string of the molecule is CCOC(=O)C1=C(N)n2c(s/c(=C/c3ccccc3)c2=O)=C(C#N)C1c1ccccc1. The van der Waals surface area contributed by atoms with Crippen LogP contribution in [0.3, 0.4) is 0 Å². The lowest BCUT2D eigenvalue weighted by molar-refractivity contribution is -0.138. The first-order chi connectivity index (χ1) is 15.1. The van der Waals surface area contributed by atoms with E-state index in [0.717, 1.165) is 11.1 Å². The molecule has 2 heterocycles. The molecule has 7 heteroatoms. The second kappa shape index (κ2) is 8.46. The van der Waals surface area contributed by atoms with Gasteiger partial charge in [0.15, 0.2) is 0 Å². The number of nitrogens with zero attached hydrogens (tertiary/aromatic N) is 2. The van der Waals surface area contributed by atoms with Gasteiger partial charge in [0.1, 0.15) is 10.5 Å². The number of hydrogen-bond acceptors (Lipinski definition) is 6. The predicted molar refractivity (Wildman–Crippen MR) is 120 cm³/mol. The van der Waals surface area contributed by atoms with Crippen molar-refractivity contribution in [2.45, 2.75) is 12.8 Å². The fourth-order valence-corrected chi connectivity index (χ4v) is 4.77. The molecular formula is C24H19N3O3S. The molecule has 1 unspecified atom stereocenters. The van der Waals surface area contributed by atoms with Gasteiger partial charge in [-0.15, -0.1) is 11.3 Å². The fraction of sp³-hybridized carbons (Fsp3) is 0.125. The molecule has 0 radical (unpaired) electrons. The third kappa shape index (κ3) is 3.58. The van der Waals surface area contributed by atoms with Crippen molar-refractivity contribution in [3.63, 3.8) is 0 Å². The lowest BCUT2D eigenvalue weighted by Gasteiger charge is -2.25. The van der Waals surface area contributed by atoms with Crippen molar-refractivity contribution >= 4 is 34.8 Å². The van der Waals surface area contributed by atoms with Crippen LogP contribution in [0.1, 0.15) is 24.0 Å². The summed E-state index contributed by atoms with van der Waals surface area (Å²) in [5, 5.41) is 10.1. The van der Waals surface area contributed by atoms with Crippen molar-refractivity contribution in [1.82, 2.24) is 4.57 Å². The molecule has 0 amide bonds. The molecule has 3 aromatic rings. The Morgan fingerprint density at radius 3 is 2.45 bits per heavy atom. The number of nitriles is 1. The minimum absolute atomic E-state index is 0.00438. The average Bonchev–Trinajstić information content (AvgIpc) is 3.11. The Morgan fingerprint density at radius 1 is 1.19 bits per heavy atom. The lowest BCUT2D eigenvalue weighted by atomic mass is 9.84. The van der Waals surface area contributed by atoms with E-state index in [2.05, 4.69) is 6.07 Å². The second-order valence-corrected chi connectivity index (χ2v) is 7.89. The zero-order valence-electron chi connectivity index (χ0n) is 16.7. The number of thiazole rings is 1. The number of fused-ring (bicyclic) bond motifs is 1. The zero-order chi connectivity index (χ0) is 22.0. The molecule has 0 bridgehead atoms. The summed E-state index contributed by atoms with van der Waals surface area (Å²) in [6.07, 6.45) is 1.75. The summed E-state index contributed by atoms with van der Waals surface area (Å²) in [6, 6.07) is 20.8. The maximum atomic E-state index is 13.2. The highest BCUT2D eigenvalue weighted by Gasteiger charge is 2.36. The van der Waals surface area contributed by atoms with Crippen LogP contribution in [-0.4, -0.2) is 17.1 Å². The first-order valence-electron chi connectivity index (χ1n) is 9.71. The van der Waals surface area contributed by atoms with Gasteiger partial charge in [0, 0.05) is 0 Å². The molecule has 154 valence electrons. The summed E-state index contributed by atoms with van der Waals surface area (Å²) in [7, 11) is 0. The van der Waals surface area contributed by atoms with Crippen molar-refractivity contribution in [2.24, 2.45) is 5.73 Å². The fourth-order valence-electron chi connectivity index (χ4n) is 3.64. The van der Waals surface area contributed by atoms with Gasteiger partial charge < -0.3 is 10.5 Å². The molecule has 0 fully saturated rings. The summed E-state index contributed by atoms with van der Waals surface area (Å²) in [4.78, 5) is 26.1. The Morgan fingerprint density at radius 2 is 1.84 bits per heavy atom. The van der Waals surface area contributed by atoms with Crippen molar-refractivity contribution < 1.29 is 9.53 Å². The Hall–Kier alpha value is -3.89. The van der Waals surface area contributed by atoms with Crippen LogP contribution in [0, 0.1) is 11.3 Å². The monoisotopic (exact) mass is 429 g/mol. The molecule has 1 aromatic heterocycles. The molecule has 0 saturated heterocycles. The number of aromatic nitrogens is 1. The topological polar surface area (TPSA) is 98.1 Å². The van der Waals surface area contributed by atoms with Crippen LogP contribution in [0.25, 0.3) is 17.5 Å². The summed E-state index contributed by atoms with van der Waals surface area (Å²) < 4.78 is 7.34. The molecule has 0 aliphatic carbocycles. The number of nitrogens with two attached hydrogens (primary N) is 1. The molecule has 1 aliphatic rings. The van der Waals surface area contributed by atoms with Crippen molar-refractivity contribution in [2.75, 3.05) is 6.61 Å². The Kier molecular flexibility index (Phi) is 5.56. The van der Waals surface area contributed by atoms with E-state index >= 15 is 0 Å². The van der Waals surface area contributed by atoms with Crippen molar-refractivity contribution in [1.29, 1.82) is 5.26 Å². The van der Waals surface area contributed by atoms with Gasteiger partial charge in [0.25, 0.3) is 5.56 Å². The summed E-state index contributed by atoms with van der Waals surface area (Å²) in [5.74, 6) is -1.36. The van der Waals surface area contributed by atoms with Crippen molar-refractivity contribution in [3.8, 4) is 6.07 Å². The van der Waals surface area contributed by atoms with E-state index in [1.54, 1.807) is 13.0 Å². The third-order valence-electron chi connectivity index (χ3n) is 4.99. The van der Waals surface area contributed by atoms with Crippen LogP contribution in [0.5, 0.6) is 0 Å². The standard InChI is InChI=1S/C24H19N3O3S/c1-2-30-24(29)20-19(16-11-7-4-8-12-16)17(14-25)23-27(21(20)26)22(28)18(31-23)13-15-9-5-3-6-10-15/h3-13,19H,2,26H2,1H3/b18-13+. The number of rotatable bonds is 4. The minimum Gasteiger partial charge on any atom is -0.463 e. The van der Waals surface area contributed by atoms with E-state index in [1.807, 2.05) is 60.7 Å². The van der Waals surface area contributed by atoms with E-state index in [4.69, 9.17) is 10.5 Å². The molecule has 2 aromatic carbocycles. The minimum atomic E-state index is -0.715. The summed E-state index contributed by atoms with van der Waals surface area (Å²) >= 11 is 1.19. The Balaban J connectivity index is 2.07. The highest BCUT2D eigenvalue weighted by molar-refractivity contribution is 7.07. The zero-order valence-corrected chi connectivity index (χ0v) is 17.6. The Labute approximate surface area is 182 Å². The molecular weight excluding hydrogens is 410 g/mol. The van der Waals surface area contributed by atoms with Crippen LogP contribution >= 0.6 is 11.3 Å². The van der Waals surface area contributed by atoms with Crippen LogP contribution in [-0.2, 0) is 9.53 Å². The van der Waals surface area contributed by atoms with Gasteiger partial charge in [-0.3, -0.25) is 9.36 Å². The van der Waals surface area contributed by atoms with E-state index in [9.17, 15) is 14.9 Å². The highest BCUT2D eigenvalue weighted by Crippen LogP contribution is 2.36. The number of carbonyl (C=O) groups excluding carboxylic acids is 1. The van der Waals surface area contributed by atoms with E-state index in [1.165, 1.54) is 15.9 Å². The van der Waals surface area contributed by atoms with Gasteiger partial charge in [0.2, 0.25) is 0 Å². The Bertz CT molecular complexity index is 1390. The van der Waals surface area contributed by atoms with Crippen LogP contribution < -0.4 is 20.5 Å². The predicted octanol–water partition coefficient (Wildman–Crippen LogP) is 1.90. The van der Waals surface area contributed by atoms with Gasteiger partial charge >= 0.3 is 5.97 Å². The van der Waals surface area contributed by atoms with Gasteiger partial charge in [-0.25, -0.2) is 4.79 Å². The normalized spacial score (nSPS) is 16.1. The van der Waals surface area contributed by atoms with Gasteiger partial charge in [-0.2, -0.15) is 5.26 Å². The summed E-state index contributed by atoms with van der Waals surface area (Å²) in [6.45, 7) is 1.84. The van der Waals surface area contributed by atoms with Gasteiger partial charge in [-0.1, -0.05) is 60.7 Å². The lowest BCUT2D eigenvalue weighted by Crippen LogP contribution is -2.40. The molecule has 31 heavy (non-hydrogen) atoms. The van der Waals surface area contributed by atoms with Gasteiger partial charge in [0.05, 0.1) is 34.3 Å². The molecule has 1 aliphatic heterocycles. The molecule has 0 spiro atoms. The number of hydrogen-bond donors (Lipinski definition) is 1. The van der Waals surface area contributed by atoms with Crippen molar-refractivity contribution in [3.05, 3.63) is 96.9 Å². The van der Waals surface area contributed by atoms with E-state index in [0.29, 0.717) is 14.8 Å². The van der Waals surface area contributed by atoms with Crippen LogP contribution in [0.2, 0.25) is 0 Å². The number of ether oxygens (including phenoxy) is 1. The number of carbonyl (C=O) groups is 1. The smallest absolute Gasteiger partial charge is 0.338 e. The average molecular weight is 430 g/mol.